The average Bonchev–Trinajstić information content (AvgIpc) is 2.50. The summed E-state index contributed by atoms with van der Waals surface area (Å²) in [4.78, 5) is 22.5. The highest BCUT2D eigenvalue weighted by Gasteiger charge is 2.12. The summed E-state index contributed by atoms with van der Waals surface area (Å²) in [6, 6.07) is 10.2. The van der Waals surface area contributed by atoms with Crippen LogP contribution in [0.4, 0.5) is 0 Å². The zero-order valence-corrected chi connectivity index (χ0v) is 13.1. The van der Waals surface area contributed by atoms with Gasteiger partial charge in [0.15, 0.2) is 6.29 Å². The number of esters is 1. The standard InChI is InChI=1S/C16H13BrO4/c1-10-4-3-5-12(9-18)15(10)21-14-7-6-11(8-13(14)17)16(19)20-2/h3-9H,1-2H3. The van der Waals surface area contributed by atoms with Crippen LogP contribution in [-0.4, -0.2) is 19.4 Å². The molecule has 0 fully saturated rings. The fourth-order valence-electron chi connectivity index (χ4n) is 1.85. The smallest absolute Gasteiger partial charge is 0.337 e. The zero-order valence-electron chi connectivity index (χ0n) is 11.6. The van der Waals surface area contributed by atoms with Crippen molar-refractivity contribution in [1.82, 2.24) is 0 Å². The SMILES string of the molecule is COC(=O)c1ccc(Oc2c(C)cccc2C=O)c(Br)c1. The molecule has 0 saturated carbocycles. The van der Waals surface area contributed by atoms with E-state index in [2.05, 4.69) is 20.7 Å². The van der Waals surface area contributed by atoms with Crippen molar-refractivity contribution in [1.29, 1.82) is 0 Å². The second kappa shape index (κ2) is 6.54. The molecule has 0 N–H and O–H groups in total. The maximum atomic E-state index is 11.5. The molecule has 0 saturated heterocycles. The number of carbonyl (C=O) groups is 2. The van der Waals surface area contributed by atoms with Gasteiger partial charge in [-0.15, -0.1) is 0 Å². The minimum atomic E-state index is -0.424. The molecule has 0 aliphatic carbocycles. The van der Waals surface area contributed by atoms with E-state index < -0.39 is 5.97 Å². The Morgan fingerprint density at radius 3 is 2.62 bits per heavy atom. The van der Waals surface area contributed by atoms with Crippen molar-refractivity contribution in [3.8, 4) is 11.5 Å². The molecular weight excluding hydrogens is 336 g/mol. The highest BCUT2D eigenvalue weighted by molar-refractivity contribution is 9.10. The molecule has 0 atom stereocenters. The Kier molecular flexibility index (Phi) is 4.75. The first kappa shape index (κ1) is 15.3. The molecule has 0 aromatic heterocycles. The summed E-state index contributed by atoms with van der Waals surface area (Å²) in [5.41, 5.74) is 1.74. The fraction of sp³-hybridized carbons (Fsp3) is 0.125. The van der Waals surface area contributed by atoms with Gasteiger partial charge in [0.2, 0.25) is 0 Å². The zero-order chi connectivity index (χ0) is 15.4. The van der Waals surface area contributed by atoms with Crippen molar-refractivity contribution in [2.75, 3.05) is 7.11 Å². The molecule has 0 aliphatic rings. The predicted molar refractivity (Wildman–Crippen MR) is 82.1 cm³/mol. The lowest BCUT2D eigenvalue weighted by molar-refractivity contribution is 0.0600. The Hall–Kier alpha value is -2.14. The number of rotatable bonds is 4. The first-order valence-electron chi connectivity index (χ1n) is 6.17. The Morgan fingerprint density at radius 1 is 1.24 bits per heavy atom. The van der Waals surface area contributed by atoms with Gasteiger partial charge in [-0.1, -0.05) is 12.1 Å². The summed E-state index contributed by atoms with van der Waals surface area (Å²) >= 11 is 3.35. The van der Waals surface area contributed by atoms with E-state index in [1.807, 2.05) is 13.0 Å². The third-order valence-corrected chi connectivity index (χ3v) is 3.55. The predicted octanol–water partition coefficient (Wildman–Crippen LogP) is 4.15. The Bertz CT molecular complexity index is 695. The molecule has 2 rings (SSSR count). The number of hydrogen-bond donors (Lipinski definition) is 0. The molecule has 0 spiro atoms. The van der Waals surface area contributed by atoms with E-state index >= 15 is 0 Å². The largest absolute Gasteiger partial charge is 0.465 e. The van der Waals surface area contributed by atoms with Crippen molar-refractivity contribution < 1.29 is 19.1 Å². The van der Waals surface area contributed by atoms with Crippen LogP contribution < -0.4 is 4.74 Å². The van der Waals surface area contributed by atoms with E-state index in [0.717, 1.165) is 11.8 Å². The van der Waals surface area contributed by atoms with Crippen LogP contribution in [0, 0.1) is 6.92 Å². The van der Waals surface area contributed by atoms with Gasteiger partial charge >= 0.3 is 5.97 Å². The quantitative estimate of drug-likeness (QED) is 0.615. The molecule has 5 heteroatoms. The summed E-state index contributed by atoms with van der Waals surface area (Å²) in [5, 5.41) is 0. The molecule has 4 nitrogen and oxygen atoms in total. The second-order valence-electron chi connectivity index (χ2n) is 4.35. The van der Waals surface area contributed by atoms with Crippen LogP contribution in [0.2, 0.25) is 0 Å². The lowest BCUT2D eigenvalue weighted by atomic mass is 10.1. The second-order valence-corrected chi connectivity index (χ2v) is 5.20. The minimum Gasteiger partial charge on any atom is -0.465 e. The highest BCUT2D eigenvalue weighted by atomic mass is 79.9. The van der Waals surface area contributed by atoms with E-state index in [0.29, 0.717) is 27.1 Å². The van der Waals surface area contributed by atoms with E-state index in [9.17, 15) is 9.59 Å². The van der Waals surface area contributed by atoms with E-state index in [-0.39, 0.29) is 0 Å². The molecule has 0 radical (unpaired) electrons. The molecule has 21 heavy (non-hydrogen) atoms. The highest BCUT2D eigenvalue weighted by Crippen LogP contribution is 2.33. The first-order valence-corrected chi connectivity index (χ1v) is 6.96. The topological polar surface area (TPSA) is 52.6 Å². The lowest BCUT2D eigenvalue weighted by Crippen LogP contribution is -2.01. The maximum Gasteiger partial charge on any atom is 0.337 e. The number of aryl methyl sites for hydroxylation is 1. The van der Waals surface area contributed by atoms with Gasteiger partial charge in [0.25, 0.3) is 0 Å². The normalized spacial score (nSPS) is 10.0. The van der Waals surface area contributed by atoms with Gasteiger partial charge in [-0.25, -0.2) is 4.79 Å². The van der Waals surface area contributed by atoms with Gasteiger partial charge in [-0.3, -0.25) is 4.79 Å². The van der Waals surface area contributed by atoms with Crippen molar-refractivity contribution in [3.05, 3.63) is 57.6 Å². The monoisotopic (exact) mass is 348 g/mol. The van der Waals surface area contributed by atoms with Gasteiger partial charge in [0.05, 0.1) is 22.7 Å². The Morgan fingerprint density at radius 2 is 2.00 bits per heavy atom. The Balaban J connectivity index is 2.37. The van der Waals surface area contributed by atoms with Crippen LogP contribution in [0.5, 0.6) is 11.5 Å². The van der Waals surface area contributed by atoms with Gasteiger partial charge in [0.1, 0.15) is 11.5 Å². The number of carbonyl (C=O) groups excluding carboxylic acids is 2. The fourth-order valence-corrected chi connectivity index (χ4v) is 2.31. The summed E-state index contributed by atoms with van der Waals surface area (Å²) in [7, 11) is 1.32. The summed E-state index contributed by atoms with van der Waals surface area (Å²) in [6.45, 7) is 1.86. The minimum absolute atomic E-state index is 0.414. The number of halogens is 1. The number of aldehydes is 1. The van der Waals surface area contributed by atoms with Gasteiger partial charge < -0.3 is 9.47 Å². The number of methoxy groups -OCH3 is 1. The summed E-state index contributed by atoms with van der Waals surface area (Å²) in [5.74, 6) is 0.589. The number of para-hydroxylation sites is 1. The van der Waals surface area contributed by atoms with E-state index in [1.165, 1.54) is 7.11 Å². The van der Waals surface area contributed by atoms with Crippen LogP contribution in [0.15, 0.2) is 40.9 Å². The van der Waals surface area contributed by atoms with Crippen molar-refractivity contribution in [3.63, 3.8) is 0 Å². The first-order chi connectivity index (χ1) is 10.1. The van der Waals surface area contributed by atoms with Gasteiger partial charge in [-0.2, -0.15) is 0 Å². The number of ether oxygens (including phenoxy) is 2. The Labute approximate surface area is 130 Å². The van der Waals surface area contributed by atoms with Crippen LogP contribution in [-0.2, 0) is 4.74 Å². The molecular formula is C16H13BrO4. The van der Waals surface area contributed by atoms with Gasteiger partial charge in [-0.05, 0) is 52.7 Å². The summed E-state index contributed by atoms with van der Waals surface area (Å²) in [6.07, 6.45) is 0.749. The van der Waals surface area contributed by atoms with E-state index in [1.54, 1.807) is 30.3 Å². The molecule has 2 aromatic carbocycles. The number of hydrogen-bond acceptors (Lipinski definition) is 4. The van der Waals surface area contributed by atoms with Crippen molar-refractivity contribution in [2.24, 2.45) is 0 Å². The molecule has 0 unspecified atom stereocenters. The average molecular weight is 349 g/mol. The molecule has 0 heterocycles. The number of benzene rings is 2. The molecule has 0 amide bonds. The van der Waals surface area contributed by atoms with Crippen LogP contribution in [0.1, 0.15) is 26.3 Å². The van der Waals surface area contributed by atoms with Crippen molar-refractivity contribution in [2.45, 2.75) is 6.92 Å². The molecule has 0 bridgehead atoms. The van der Waals surface area contributed by atoms with Crippen molar-refractivity contribution >= 4 is 28.2 Å². The lowest BCUT2D eigenvalue weighted by Gasteiger charge is -2.12. The van der Waals surface area contributed by atoms with Crippen LogP contribution in [0.3, 0.4) is 0 Å². The third-order valence-electron chi connectivity index (χ3n) is 2.93. The summed E-state index contributed by atoms with van der Waals surface area (Å²) < 4.78 is 11.1. The molecule has 2 aromatic rings. The maximum absolute atomic E-state index is 11.5. The molecule has 108 valence electrons. The van der Waals surface area contributed by atoms with E-state index in [4.69, 9.17) is 4.74 Å². The van der Waals surface area contributed by atoms with Crippen LogP contribution >= 0.6 is 15.9 Å². The van der Waals surface area contributed by atoms with Crippen LogP contribution in [0.25, 0.3) is 0 Å². The molecule has 0 aliphatic heterocycles. The third kappa shape index (κ3) is 3.31. The van der Waals surface area contributed by atoms with Gasteiger partial charge in [0, 0.05) is 0 Å².